The van der Waals surface area contributed by atoms with Crippen LogP contribution in [0.4, 0.5) is 5.69 Å². The number of phenols is 1. The first-order chi connectivity index (χ1) is 9.18. The molecule has 1 aromatic carbocycles. The van der Waals surface area contributed by atoms with E-state index < -0.39 is 23.2 Å². The number of aromatic hydroxyl groups is 1. The zero-order valence-electron chi connectivity index (χ0n) is 12.3. The van der Waals surface area contributed by atoms with Crippen molar-refractivity contribution in [1.82, 2.24) is 0 Å². The lowest BCUT2D eigenvalue weighted by atomic mass is 9.79. The maximum absolute atomic E-state index is 12.5. The van der Waals surface area contributed by atoms with E-state index in [-0.39, 0.29) is 5.75 Å². The van der Waals surface area contributed by atoms with E-state index in [1.54, 1.807) is 39.8 Å². The van der Waals surface area contributed by atoms with Gasteiger partial charge >= 0.3 is 5.97 Å². The van der Waals surface area contributed by atoms with E-state index in [4.69, 9.17) is 0 Å². The molecule has 1 unspecified atom stereocenters. The van der Waals surface area contributed by atoms with Crippen LogP contribution in [-0.2, 0) is 9.59 Å². The summed E-state index contributed by atoms with van der Waals surface area (Å²) in [4.78, 5) is 25.3. The number of aliphatic carboxylic acids is 1. The summed E-state index contributed by atoms with van der Waals surface area (Å²) in [5.41, 5.74) is -0.194. The van der Waals surface area contributed by atoms with Gasteiger partial charge in [-0.05, 0) is 24.5 Å². The summed E-state index contributed by atoms with van der Waals surface area (Å²) < 4.78 is 0. The Balaban J connectivity index is 3.17. The molecule has 1 amide bonds. The van der Waals surface area contributed by atoms with Crippen molar-refractivity contribution in [3.63, 3.8) is 0 Å². The van der Waals surface area contributed by atoms with Crippen molar-refractivity contribution in [2.24, 2.45) is 11.3 Å². The molecule has 0 heterocycles. The van der Waals surface area contributed by atoms with Crippen LogP contribution in [-0.4, -0.2) is 28.6 Å². The molecule has 0 saturated carbocycles. The average molecular weight is 279 g/mol. The number of rotatable bonds is 4. The molecule has 0 aromatic heterocycles. The fourth-order valence-electron chi connectivity index (χ4n) is 2.13. The number of carboxylic acids is 1. The number of carboxylic acid groups (broad SMARTS) is 1. The summed E-state index contributed by atoms with van der Waals surface area (Å²) in [6.45, 7) is 7.27. The van der Waals surface area contributed by atoms with Crippen molar-refractivity contribution < 1.29 is 19.8 Å². The highest BCUT2D eigenvalue weighted by molar-refractivity contribution is 6.06. The van der Waals surface area contributed by atoms with E-state index in [0.717, 1.165) is 0 Å². The number of amides is 1. The summed E-state index contributed by atoms with van der Waals surface area (Å²) in [5.74, 6) is -2.71. The molecule has 0 bridgehead atoms. The molecule has 0 radical (unpaired) electrons. The first-order valence-electron chi connectivity index (χ1n) is 6.51. The zero-order valence-corrected chi connectivity index (χ0v) is 12.3. The van der Waals surface area contributed by atoms with E-state index in [1.165, 1.54) is 17.0 Å². The van der Waals surface area contributed by atoms with Crippen molar-refractivity contribution in [3.8, 4) is 5.75 Å². The molecule has 1 atom stereocenters. The van der Waals surface area contributed by atoms with E-state index in [1.807, 2.05) is 0 Å². The molecule has 1 rings (SSSR count). The Hall–Kier alpha value is -2.04. The molecule has 20 heavy (non-hydrogen) atoms. The summed E-state index contributed by atoms with van der Waals surface area (Å²) in [6.07, 6.45) is 0. The average Bonchev–Trinajstić information content (AvgIpc) is 2.27. The van der Waals surface area contributed by atoms with Crippen LogP contribution in [0.2, 0.25) is 0 Å². The molecule has 1 aromatic rings. The molecule has 0 spiro atoms. The zero-order chi connectivity index (χ0) is 15.5. The molecule has 5 nitrogen and oxygen atoms in total. The standard InChI is InChI=1S/C15H21NO4/c1-5-16(10-7-6-8-11(17)9-10)13(18)12(14(19)20)15(2,3)4/h6-9,12,17H,5H2,1-4H3,(H,19,20). The number of hydrogen-bond acceptors (Lipinski definition) is 3. The lowest BCUT2D eigenvalue weighted by Crippen LogP contribution is -2.45. The van der Waals surface area contributed by atoms with Crippen molar-refractivity contribution in [3.05, 3.63) is 24.3 Å². The van der Waals surface area contributed by atoms with Crippen LogP contribution in [0.1, 0.15) is 27.7 Å². The summed E-state index contributed by atoms with van der Waals surface area (Å²) in [7, 11) is 0. The number of phenolic OH excluding ortho intramolecular Hbond substituents is 1. The minimum atomic E-state index is -1.14. The number of hydrogen-bond donors (Lipinski definition) is 2. The topological polar surface area (TPSA) is 77.8 Å². The number of anilines is 1. The number of carbonyl (C=O) groups excluding carboxylic acids is 1. The molecule has 2 N–H and O–H groups in total. The van der Waals surface area contributed by atoms with Gasteiger partial charge in [-0.15, -0.1) is 0 Å². The van der Waals surface area contributed by atoms with E-state index in [0.29, 0.717) is 12.2 Å². The largest absolute Gasteiger partial charge is 0.508 e. The van der Waals surface area contributed by atoms with Crippen LogP contribution < -0.4 is 4.90 Å². The van der Waals surface area contributed by atoms with Crippen molar-refractivity contribution >= 4 is 17.6 Å². The summed E-state index contributed by atoms with van der Waals surface area (Å²) in [6, 6.07) is 6.24. The normalized spacial score (nSPS) is 12.8. The summed E-state index contributed by atoms with van der Waals surface area (Å²) >= 11 is 0. The third-order valence-electron chi connectivity index (χ3n) is 3.08. The van der Waals surface area contributed by atoms with Gasteiger partial charge in [0.25, 0.3) is 0 Å². The van der Waals surface area contributed by atoms with Crippen LogP contribution in [0.15, 0.2) is 24.3 Å². The second kappa shape index (κ2) is 5.94. The Labute approximate surface area is 118 Å². The molecular formula is C15H21NO4. The highest BCUT2D eigenvalue weighted by Gasteiger charge is 2.40. The minimum absolute atomic E-state index is 0.0383. The molecule has 0 fully saturated rings. The highest BCUT2D eigenvalue weighted by atomic mass is 16.4. The van der Waals surface area contributed by atoms with E-state index >= 15 is 0 Å². The molecule has 0 saturated heterocycles. The number of nitrogens with zero attached hydrogens (tertiary/aromatic N) is 1. The third kappa shape index (κ3) is 3.50. The quantitative estimate of drug-likeness (QED) is 0.830. The van der Waals surface area contributed by atoms with Crippen LogP contribution in [0.25, 0.3) is 0 Å². The Morgan fingerprint density at radius 1 is 1.30 bits per heavy atom. The third-order valence-corrected chi connectivity index (χ3v) is 3.08. The van der Waals surface area contributed by atoms with Crippen LogP contribution in [0.3, 0.4) is 0 Å². The number of benzene rings is 1. The molecule has 0 aliphatic carbocycles. The van der Waals surface area contributed by atoms with Crippen molar-refractivity contribution in [2.75, 3.05) is 11.4 Å². The minimum Gasteiger partial charge on any atom is -0.508 e. The maximum Gasteiger partial charge on any atom is 0.316 e. The highest BCUT2D eigenvalue weighted by Crippen LogP contribution is 2.30. The lowest BCUT2D eigenvalue weighted by Gasteiger charge is -2.31. The molecule has 110 valence electrons. The predicted molar refractivity (Wildman–Crippen MR) is 76.7 cm³/mol. The lowest BCUT2D eigenvalue weighted by molar-refractivity contribution is -0.150. The van der Waals surface area contributed by atoms with Gasteiger partial charge in [-0.3, -0.25) is 9.59 Å². The van der Waals surface area contributed by atoms with E-state index in [9.17, 15) is 19.8 Å². The fourth-order valence-corrected chi connectivity index (χ4v) is 2.13. The molecule has 0 aliphatic heterocycles. The summed E-state index contributed by atoms with van der Waals surface area (Å²) in [5, 5.41) is 18.8. The van der Waals surface area contributed by atoms with Crippen LogP contribution in [0, 0.1) is 11.3 Å². The van der Waals surface area contributed by atoms with E-state index in [2.05, 4.69) is 0 Å². The van der Waals surface area contributed by atoms with Gasteiger partial charge in [0, 0.05) is 18.3 Å². The Morgan fingerprint density at radius 3 is 2.30 bits per heavy atom. The smallest absolute Gasteiger partial charge is 0.316 e. The van der Waals surface area contributed by atoms with Crippen molar-refractivity contribution in [2.45, 2.75) is 27.7 Å². The Bertz CT molecular complexity index is 505. The first kappa shape index (κ1) is 16.0. The molecule has 0 aliphatic rings. The fraction of sp³-hybridized carbons (Fsp3) is 0.467. The molecular weight excluding hydrogens is 258 g/mol. The Kier molecular flexibility index (Phi) is 4.76. The second-order valence-corrected chi connectivity index (χ2v) is 5.74. The van der Waals surface area contributed by atoms with Gasteiger partial charge in [-0.2, -0.15) is 0 Å². The number of carbonyl (C=O) groups is 2. The predicted octanol–water partition coefficient (Wildman–Crippen LogP) is 2.49. The monoisotopic (exact) mass is 279 g/mol. The van der Waals surface area contributed by atoms with Gasteiger partial charge in [-0.1, -0.05) is 26.8 Å². The molecule has 5 heteroatoms. The second-order valence-electron chi connectivity index (χ2n) is 5.74. The SMILES string of the molecule is CCN(C(=O)C(C(=O)O)C(C)(C)C)c1cccc(O)c1. The van der Waals surface area contributed by atoms with Gasteiger partial charge in [0.05, 0.1) is 0 Å². The van der Waals surface area contributed by atoms with Crippen molar-refractivity contribution in [1.29, 1.82) is 0 Å². The van der Waals surface area contributed by atoms with Gasteiger partial charge in [0.15, 0.2) is 0 Å². The van der Waals surface area contributed by atoms with Gasteiger partial charge < -0.3 is 15.1 Å². The van der Waals surface area contributed by atoms with Crippen LogP contribution >= 0.6 is 0 Å². The van der Waals surface area contributed by atoms with Gasteiger partial charge in [0.2, 0.25) is 5.91 Å². The maximum atomic E-state index is 12.5. The van der Waals surface area contributed by atoms with Crippen LogP contribution in [0.5, 0.6) is 5.75 Å². The van der Waals surface area contributed by atoms with Gasteiger partial charge in [0.1, 0.15) is 11.7 Å². The Morgan fingerprint density at radius 2 is 1.90 bits per heavy atom. The first-order valence-corrected chi connectivity index (χ1v) is 6.51. The van der Waals surface area contributed by atoms with Gasteiger partial charge in [-0.25, -0.2) is 0 Å².